The maximum Gasteiger partial charge on any atom is 0.0721 e. The van der Waals surface area contributed by atoms with E-state index in [1.165, 1.54) is 38.5 Å². The molecule has 0 radical (unpaired) electrons. The van der Waals surface area contributed by atoms with Gasteiger partial charge in [-0.2, -0.15) is 0 Å². The van der Waals surface area contributed by atoms with Gasteiger partial charge in [-0.15, -0.1) is 0 Å². The van der Waals surface area contributed by atoms with Crippen molar-refractivity contribution in [2.24, 2.45) is 5.41 Å². The number of nitrogens with one attached hydrogen (secondary N) is 1. The Balaban J connectivity index is 2.04. The molecule has 1 saturated carbocycles. The molecule has 1 atom stereocenters. The maximum absolute atomic E-state index is 9.92. The fraction of sp³-hybridized carbons (Fsp3) is 1.00. The largest absolute Gasteiger partial charge is 0.391 e. The average molecular weight is 169 g/mol. The first-order valence-corrected chi connectivity index (χ1v) is 5.22. The van der Waals surface area contributed by atoms with Crippen molar-refractivity contribution in [3.8, 4) is 0 Å². The number of aliphatic hydroxyl groups excluding tert-OH is 1. The van der Waals surface area contributed by atoms with Crippen LogP contribution in [0, 0.1) is 5.41 Å². The fourth-order valence-electron chi connectivity index (χ4n) is 2.80. The lowest BCUT2D eigenvalue weighted by Crippen LogP contribution is -2.49. The molecular weight excluding hydrogens is 150 g/mol. The van der Waals surface area contributed by atoms with Crippen molar-refractivity contribution < 1.29 is 5.11 Å². The van der Waals surface area contributed by atoms with E-state index in [-0.39, 0.29) is 6.10 Å². The summed E-state index contributed by atoms with van der Waals surface area (Å²) < 4.78 is 0. The quantitative estimate of drug-likeness (QED) is 0.572. The number of hydrogen-bond donors (Lipinski definition) is 2. The van der Waals surface area contributed by atoms with Crippen LogP contribution in [0.3, 0.4) is 0 Å². The summed E-state index contributed by atoms with van der Waals surface area (Å²) in [6.45, 7) is 1.93. The first-order valence-electron chi connectivity index (χ1n) is 5.22. The second-order valence-corrected chi connectivity index (χ2v) is 4.39. The van der Waals surface area contributed by atoms with Crippen LogP contribution >= 0.6 is 0 Å². The summed E-state index contributed by atoms with van der Waals surface area (Å²) in [5.74, 6) is 0. The van der Waals surface area contributed by atoms with Gasteiger partial charge < -0.3 is 10.4 Å². The molecule has 1 unspecified atom stereocenters. The van der Waals surface area contributed by atoms with Crippen molar-refractivity contribution in [2.45, 2.75) is 44.6 Å². The van der Waals surface area contributed by atoms with Crippen molar-refractivity contribution in [2.75, 3.05) is 13.1 Å². The van der Waals surface area contributed by atoms with Crippen LogP contribution in [0.4, 0.5) is 0 Å². The number of aliphatic hydroxyl groups is 1. The molecule has 0 aromatic carbocycles. The zero-order valence-electron chi connectivity index (χ0n) is 7.68. The molecule has 0 amide bonds. The van der Waals surface area contributed by atoms with Crippen LogP contribution in [-0.4, -0.2) is 24.3 Å². The van der Waals surface area contributed by atoms with Gasteiger partial charge in [0, 0.05) is 6.54 Å². The summed E-state index contributed by atoms with van der Waals surface area (Å²) in [6.07, 6.45) is 7.67. The highest BCUT2D eigenvalue weighted by Gasteiger charge is 2.40. The molecule has 1 spiro atoms. The van der Waals surface area contributed by atoms with Crippen LogP contribution in [0.25, 0.3) is 0 Å². The second-order valence-electron chi connectivity index (χ2n) is 4.39. The molecule has 2 nitrogen and oxygen atoms in total. The second kappa shape index (κ2) is 3.35. The molecule has 1 aliphatic carbocycles. The first-order chi connectivity index (χ1) is 5.83. The van der Waals surface area contributed by atoms with Gasteiger partial charge in [0.15, 0.2) is 0 Å². The van der Waals surface area contributed by atoms with E-state index in [4.69, 9.17) is 0 Å². The van der Waals surface area contributed by atoms with Crippen molar-refractivity contribution in [3.05, 3.63) is 0 Å². The minimum atomic E-state index is -0.0773. The van der Waals surface area contributed by atoms with Crippen LogP contribution in [0.2, 0.25) is 0 Å². The predicted molar refractivity (Wildman–Crippen MR) is 49.0 cm³/mol. The maximum atomic E-state index is 9.92. The number of hydrogen-bond acceptors (Lipinski definition) is 2. The molecule has 2 N–H and O–H groups in total. The topological polar surface area (TPSA) is 32.3 Å². The normalized spacial score (nSPS) is 35.2. The molecule has 2 rings (SSSR count). The molecule has 0 bridgehead atoms. The Labute approximate surface area is 74.4 Å². The summed E-state index contributed by atoms with van der Waals surface area (Å²) in [4.78, 5) is 0. The average Bonchev–Trinajstić information content (AvgIpc) is 2.12. The molecule has 70 valence electrons. The van der Waals surface area contributed by atoms with E-state index in [0.29, 0.717) is 5.41 Å². The van der Waals surface area contributed by atoms with Crippen molar-refractivity contribution in [3.63, 3.8) is 0 Å². The van der Waals surface area contributed by atoms with Crippen molar-refractivity contribution in [1.29, 1.82) is 0 Å². The first kappa shape index (κ1) is 8.52. The molecule has 2 fully saturated rings. The molecule has 2 heteroatoms. The third-order valence-corrected chi connectivity index (χ3v) is 3.69. The van der Waals surface area contributed by atoms with E-state index >= 15 is 0 Å². The minimum absolute atomic E-state index is 0.0773. The van der Waals surface area contributed by atoms with Crippen molar-refractivity contribution in [1.82, 2.24) is 5.32 Å². The zero-order chi connectivity index (χ0) is 8.44. The van der Waals surface area contributed by atoms with Gasteiger partial charge in [-0.3, -0.25) is 0 Å². The van der Waals surface area contributed by atoms with E-state index in [9.17, 15) is 5.11 Å². The summed E-state index contributed by atoms with van der Waals surface area (Å²) in [5, 5.41) is 13.2. The molecule has 1 saturated heterocycles. The number of rotatable bonds is 0. The van der Waals surface area contributed by atoms with Gasteiger partial charge in [-0.1, -0.05) is 19.3 Å². The predicted octanol–water partition coefficient (Wildman–Crippen LogP) is 1.29. The summed E-state index contributed by atoms with van der Waals surface area (Å²) >= 11 is 0. The van der Waals surface area contributed by atoms with Crippen LogP contribution in [-0.2, 0) is 0 Å². The Morgan fingerprint density at radius 1 is 1.08 bits per heavy atom. The Kier molecular flexibility index (Phi) is 2.37. The van der Waals surface area contributed by atoms with Crippen LogP contribution in [0.15, 0.2) is 0 Å². The van der Waals surface area contributed by atoms with Gasteiger partial charge in [0.25, 0.3) is 0 Å². The number of β-amino-alcohol motifs (C(OH)–C–C–N with tert-alkyl or cyclic N) is 1. The SMILES string of the molecule is OC1CNCCC12CCCCC2. The molecule has 1 aliphatic heterocycles. The molecule has 2 aliphatic rings. The minimum Gasteiger partial charge on any atom is -0.391 e. The molecule has 12 heavy (non-hydrogen) atoms. The summed E-state index contributed by atoms with van der Waals surface area (Å²) in [6, 6.07) is 0. The lowest BCUT2D eigenvalue weighted by atomic mass is 9.67. The third kappa shape index (κ3) is 1.38. The Morgan fingerprint density at radius 3 is 2.50 bits per heavy atom. The van der Waals surface area contributed by atoms with Gasteiger partial charge >= 0.3 is 0 Å². The molecule has 0 aromatic rings. The Bertz CT molecular complexity index is 144. The Morgan fingerprint density at radius 2 is 1.83 bits per heavy atom. The smallest absolute Gasteiger partial charge is 0.0721 e. The van der Waals surface area contributed by atoms with Crippen molar-refractivity contribution >= 4 is 0 Å². The van der Waals surface area contributed by atoms with Crippen LogP contribution in [0.1, 0.15) is 38.5 Å². The van der Waals surface area contributed by atoms with Gasteiger partial charge in [-0.25, -0.2) is 0 Å². The number of piperidine rings is 1. The van der Waals surface area contributed by atoms with E-state index in [1.807, 2.05) is 0 Å². The fourth-order valence-corrected chi connectivity index (χ4v) is 2.80. The molecule has 0 aromatic heterocycles. The van der Waals surface area contributed by atoms with Gasteiger partial charge in [0.1, 0.15) is 0 Å². The third-order valence-electron chi connectivity index (χ3n) is 3.69. The van der Waals surface area contributed by atoms with E-state index < -0.39 is 0 Å². The standard InChI is InChI=1S/C10H19NO/c12-9-8-11-7-6-10(9)4-2-1-3-5-10/h9,11-12H,1-8H2. The highest BCUT2D eigenvalue weighted by molar-refractivity contribution is 4.93. The van der Waals surface area contributed by atoms with E-state index in [2.05, 4.69) is 5.32 Å². The van der Waals surface area contributed by atoms with Crippen LogP contribution in [0.5, 0.6) is 0 Å². The lowest BCUT2D eigenvalue weighted by molar-refractivity contribution is -0.0263. The van der Waals surface area contributed by atoms with E-state index in [0.717, 1.165) is 13.1 Å². The highest BCUT2D eigenvalue weighted by atomic mass is 16.3. The van der Waals surface area contributed by atoms with E-state index in [1.54, 1.807) is 0 Å². The van der Waals surface area contributed by atoms with Crippen LogP contribution < -0.4 is 5.32 Å². The highest BCUT2D eigenvalue weighted by Crippen LogP contribution is 2.43. The molecular formula is C10H19NO. The summed E-state index contributed by atoms with van der Waals surface area (Å²) in [7, 11) is 0. The lowest BCUT2D eigenvalue weighted by Gasteiger charge is -2.44. The zero-order valence-corrected chi connectivity index (χ0v) is 7.68. The molecule has 1 heterocycles. The van der Waals surface area contributed by atoms with Gasteiger partial charge in [0.2, 0.25) is 0 Å². The monoisotopic (exact) mass is 169 g/mol. The summed E-state index contributed by atoms with van der Waals surface area (Å²) in [5.41, 5.74) is 0.309. The Hall–Kier alpha value is -0.0800. The van der Waals surface area contributed by atoms with Gasteiger partial charge in [0.05, 0.1) is 6.10 Å². The van der Waals surface area contributed by atoms with Gasteiger partial charge in [-0.05, 0) is 31.2 Å².